The van der Waals surface area contributed by atoms with Gasteiger partial charge in [0, 0.05) is 24.1 Å². The van der Waals surface area contributed by atoms with E-state index in [2.05, 4.69) is 28.2 Å². The Kier molecular flexibility index (Phi) is 6.83. The molecule has 9 heteroatoms. The minimum Gasteiger partial charge on any atom is -0.496 e. The lowest BCUT2D eigenvalue weighted by molar-refractivity contribution is -0.384. The molecule has 4 rings (SSSR count). The number of nitrogens with one attached hydrogen (secondary N) is 1. The lowest BCUT2D eigenvalue weighted by atomic mass is 9.96. The molecule has 0 aliphatic carbocycles. The highest BCUT2D eigenvalue weighted by Gasteiger charge is 2.41. The highest BCUT2D eigenvalue weighted by molar-refractivity contribution is 7.80. The SMILES string of the molecule is CCCCN1C(=S)N[C@@H](c2ccccn2)[C@@H]1c1cc(C)n(-c2ccc(OC)cc2[N+](=O)[O-])c1C. The summed E-state index contributed by atoms with van der Waals surface area (Å²) in [5.74, 6) is 0.449. The van der Waals surface area contributed by atoms with Crippen LogP contribution in [0.2, 0.25) is 0 Å². The van der Waals surface area contributed by atoms with Gasteiger partial charge in [0.1, 0.15) is 11.4 Å². The molecule has 1 aliphatic rings. The van der Waals surface area contributed by atoms with E-state index in [9.17, 15) is 10.1 Å². The molecule has 2 aromatic heterocycles. The van der Waals surface area contributed by atoms with Gasteiger partial charge in [0.25, 0.3) is 5.69 Å². The van der Waals surface area contributed by atoms with Crippen LogP contribution in [0.1, 0.15) is 54.5 Å². The third-order valence-corrected chi connectivity index (χ3v) is 6.71. The number of pyridine rings is 1. The summed E-state index contributed by atoms with van der Waals surface area (Å²) >= 11 is 5.74. The maximum Gasteiger partial charge on any atom is 0.296 e. The summed E-state index contributed by atoms with van der Waals surface area (Å²) in [6.07, 6.45) is 3.85. The van der Waals surface area contributed by atoms with Gasteiger partial charge in [-0.25, -0.2) is 0 Å². The predicted octanol–water partition coefficient (Wildman–Crippen LogP) is 5.18. The monoisotopic (exact) mass is 479 g/mol. The molecule has 3 heterocycles. The van der Waals surface area contributed by atoms with E-state index < -0.39 is 0 Å². The second-order valence-corrected chi connectivity index (χ2v) is 8.83. The molecule has 0 amide bonds. The van der Waals surface area contributed by atoms with E-state index in [0.29, 0.717) is 16.5 Å². The fraction of sp³-hybridized carbons (Fsp3) is 0.360. The van der Waals surface area contributed by atoms with Gasteiger partial charge < -0.3 is 19.5 Å². The molecule has 0 radical (unpaired) electrons. The number of methoxy groups -OCH3 is 1. The molecule has 1 fully saturated rings. The second kappa shape index (κ2) is 9.80. The Balaban J connectivity index is 1.86. The number of hydrogen-bond acceptors (Lipinski definition) is 5. The molecule has 34 heavy (non-hydrogen) atoms. The minimum atomic E-state index is -0.368. The first-order valence-corrected chi connectivity index (χ1v) is 11.8. The molecular weight excluding hydrogens is 450 g/mol. The molecule has 1 aromatic carbocycles. The number of aromatic nitrogens is 2. The van der Waals surface area contributed by atoms with Crippen LogP contribution in [0.4, 0.5) is 5.69 Å². The Morgan fingerprint density at radius 2 is 2.03 bits per heavy atom. The van der Waals surface area contributed by atoms with Crippen LogP contribution < -0.4 is 10.1 Å². The van der Waals surface area contributed by atoms with E-state index in [1.165, 1.54) is 13.2 Å². The zero-order chi connectivity index (χ0) is 24.4. The van der Waals surface area contributed by atoms with Crippen LogP contribution >= 0.6 is 12.2 Å². The van der Waals surface area contributed by atoms with Gasteiger partial charge in [0.05, 0.1) is 35.9 Å². The number of ether oxygens (including phenoxy) is 1. The standard InChI is InChI=1S/C25H29N5O3S/c1-5-6-13-28-24(23(27-25(28)34)20-9-7-8-12-26-20)19-14-16(2)29(17(19)3)21-11-10-18(33-4)15-22(21)30(31)32/h7-12,14-15,23-24H,5-6,13H2,1-4H3,(H,27,34)/t23-,24-/m0/s1. The van der Waals surface area contributed by atoms with Crippen LogP contribution in [0.3, 0.4) is 0 Å². The smallest absolute Gasteiger partial charge is 0.296 e. The van der Waals surface area contributed by atoms with E-state index >= 15 is 0 Å². The van der Waals surface area contributed by atoms with Crippen molar-refractivity contribution in [2.75, 3.05) is 13.7 Å². The predicted molar refractivity (Wildman–Crippen MR) is 136 cm³/mol. The molecule has 1 saturated heterocycles. The van der Waals surface area contributed by atoms with E-state index in [0.717, 1.165) is 42.0 Å². The third kappa shape index (κ3) is 4.23. The van der Waals surface area contributed by atoms with Gasteiger partial charge in [-0.2, -0.15) is 0 Å². The highest BCUT2D eigenvalue weighted by atomic mass is 32.1. The summed E-state index contributed by atoms with van der Waals surface area (Å²) in [7, 11) is 1.50. The van der Waals surface area contributed by atoms with E-state index in [-0.39, 0.29) is 22.7 Å². The van der Waals surface area contributed by atoms with Gasteiger partial charge in [-0.05, 0) is 68.4 Å². The number of unbranched alkanes of at least 4 members (excludes halogenated alkanes) is 1. The summed E-state index contributed by atoms with van der Waals surface area (Å²) in [5, 5.41) is 16.1. The summed E-state index contributed by atoms with van der Waals surface area (Å²) in [6.45, 7) is 6.96. The fourth-order valence-electron chi connectivity index (χ4n) is 4.74. The van der Waals surface area contributed by atoms with Crippen molar-refractivity contribution >= 4 is 23.0 Å². The first-order chi connectivity index (χ1) is 16.4. The molecule has 2 atom stereocenters. The maximum atomic E-state index is 11.9. The number of thiocarbonyl (C=S) groups is 1. The van der Waals surface area contributed by atoms with Gasteiger partial charge in [0.15, 0.2) is 5.11 Å². The molecule has 0 saturated carbocycles. The van der Waals surface area contributed by atoms with Crippen LogP contribution in [0.5, 0.6) is 5.75 Å². The first-order valence-electron chi connectivity index (χ1n) is 11.4. The van der Waals surface area contributed by atoms with Crippen molar-refractivity contribution in [2.45, 2.75) is 45.7 Å². The minimum absolute atomic E-state index is 0.00289. The van der Waals surface area contributed by atoms with Crippen molar-refractivity contribution in [1.82, 2.24) is 19.8 Å². The fourth-order valence-corrected chi connectivity index (χ4v) is 5.07. The van der Waals surface area contributed by atoms with Crippen molar-refractivity contribution in [3.05, 3.63) is 81.4 Å². The van der Waals surface area contributed by atoms with E-state index in [1.54, 1.807) is 18.3 Å². The topological polar surface area (TPSA) is 85.5 Å². The molecule has 0 bridgehead atoms. The Bertz CT molecular complexity index is 1210. The van der Waals surface area contributed by atoms with Gasteiger partial charge in [-0.15, -0.1) is 0 Å². The quantitative estimate of drug-likeness (QED) is 0.271. The number of rotatable bonds is 8. The second-order valence-electron chi connectivity index (χ2n) is 8.45. The van der Waals surface area contributed by atoms with Gasteiger partial charge >= 0.3 is 0 Å². The molecule has 1 N–H and O–H groups in total. The van der Waals surface area contributed by atoms with Crippen molar-refractivity contribution in [3.63, 3.8) is 0 Å². The summed E-state index contributed by atoms with van der Waals surface area (Å²) < 4.78 is 7.17. The first kappa shape index (κ1) is 23.7. The average Bonchev–Trinajstić information content (AvgIpc) is 3.32. The number of hydrogen-bond donors (Lipinski definition) is 1. The van der Waals surface area contributed by atoms with Crippen molar-refractivity contribution < 1.29 is 9.66 Å². The zero-order valence-electron chi connectivity index (χ0n) is 19.8. The van der Waals surface area contributed by atoms with Crippen LogP contribution in [-0.2, 0) is 0 Å². The molecule has 178 valence electrons. The lowest BCUT2D eigenvalue weighted by Gasteiger charge is -2.28. The molecule has 8 nitrogen and oxygen atoms in total. The average molecular weight is 480 g/mol. The third-order valence-electron chi connectivity index (χ3n) is 6.36. The Morgan fingerprint density at radius 1 is 1.24 bits per heavy atom. The largest absolute Gasteiger partial charge is 0.496 e. The van der Waals surface area contributed by atoms with Gasteiger partial charge in [0.2, 0.25) is 0 Å². The maximum absolute atomic E-state index is 11.9. The number of aryl methyl sites for hydroxylation is 1. The van der Waals surface area contributed by atoms with Gasteiger partial charge in [-0.1, -0.05) is 19.4 Å². The van der Waals surface area contributed by atoms with E-state index in [4.69, 9.17) is 17.0 Å². The molecule has 1 aliphatic heterocycles. The van der Waals surface area contributed by atoms with E-state index in [1.807, 2.05) is 36.6 Å². The van der Waals surface area contributed by atoms with Gasteiger partial charge in [-0.3, -0.25) is 15.1 Å². The Hall–Kier alpha value is -3.46. The molecular formula is C25H29N5O3S. The zero-order valence-corrected chi connectivity index (χ0v) is 20.6. The number of nitro groups is 1. The molecule has 3 aromatic rings. The lowest BCUT2D eigenvalue weighted by Crippen LogP contribution is -2.30. The number of nitro benzene ring substituents is 1. The van der Waals surface area contributed by atoms with Crippen LogP contribution in [0.25, 0.3) is 5.69 Å². The molecule has 0 spiro atoms. The summed E-state index contributed by atoms with van der Waals surface area (Å²) in [6, 6.07) is 12.7. The number of benzene rings is 1. The van der Waals surface area contributed by atoms with Crippen molar-refractivity contribution in [1.29, 1.82) is 0 Å². The Labute approximate surface area is 204 Å². The Morgan fingerprint density at radius 3 is 2.68 bits per heavy atom. The highest BCUT2D eigenvalue weighted by Crippen LogP contribution is 2.42. The van der Waals surface area contributed by atoms with Crippen LogP contribution in [0.15, 0.2) is 48.7 Å². The summed E-state index contributed by atoms with van der Waals surface area (Å²) in [5.41, 5.74) is 4.33. The molecule has 0 unspecified atom stereocenters. The number of nitrogens with zero attached hydrogens (tertiary/aromatic N) is 4. The van der Waals surface area contributed by atoms with Crippen LogP contribution in [-0.4, -0.2) is 38.1 Å². The van der Waals surface area contributed by atoms with Crippen molar-refractivity contribution in [3.8, 4) is 11.4 Å². The summed E-state index contributed by atoms with van der Waals surface area (Å²) in [4.78, 5) is 18.4. The van der Waals surface area contributed by atoms with Crippen LogP contribution in [0, 0.1) is 24.0 Å². The van der Waals surface area contributed by atoms with Crippen molar-refractivity contribution in [2.24, 2.45) is 0 Å². The normalized spacial score (nSPS) is 17.6.